The number of hydrogen-bond acceptors (Lipinski definition) is 3. The Morgan fingerprint density at radius 3 is 2.95 bits per heavy atom. The highest BCUT2D eigenvalue weighted by molar-refractivity contribution is 7.12. The molecule has 2 nitrogen and oxygen atoms in total. The van der Waals surface area contributed by atoms with Crippen LogP contribution in [0.25, 0.3) is 0 Å². The van der Waals surface area contributed by atoms with Crippen LogP contribution in [0.1, 0.15) is 26.8 Å². The van der Waals surface area contributed by atoms with E-state index in [1.165, 1.54) is 21.4 Å². The van der Waals surface area contributed by atoms with Crippen LogP contribution < -0.4 is 5.46 Å². The minimum absolute atomic E-state index is 0.0134. The average molecular weight is 299 g/mol. The molecule has 0 unspecified atom stereocenters. The normalized spacial score (nSPS) is 17.9. The maximum Gasteiger partial charge on any atom is 0.246 e. The third-order valence-electron chi connectivity index (χ3n) is 3.66. The van der Waals surface area contributed by atoms with E-state index in [4.69, 9.17) is 7.85 Å². The third-order valence-corrected chi connectivity index (χ3v) is 5.49. The highest BCUT2D eigenvalue weighted by Gasteiger charge is 2.30. The summed E-state index contributed by atoms with van der Waals surface area (Å²) in [6, 6.07) is 2.23. The summed E-state index contributed by atoms with van der Waals surface area (Å²) in [5.74, 6) is 0.166. The molecule has 1 aliphatic rings. The van der Waals surface area contributed by atoms with Gasteiger partial charge in [-0.3, -0.25) is 4.79 Å². The molecule has 2 radical (unpaired) electrons. The van der Waals surface area contributed by atoms with Gasteiger partial charge >= 0.3 is 0 Å². The largest absolute Gasteiger partial charge is 0.333 e. The fraction of sp³-hybridized carbons (Fsp3) is 0.267. The van der Waals surface area contributed by atoms with Crippen molar-refractivity contribution in [1.82, 2.24) is 4.90 Å². The van der Waals surface area contributed by atoms with Crippen molar-refractivity contribution in [2.45, 2.75) is 19.4 Å². The van der Waals surface area contributed by atoms with E-state index >= 15 is 0 Å². The van der Waals surface area contributed by atoms with Gasteiger partial charge in [-0.2, -0.15) is 11.3 Å². The molecule has 0 fully saturated rings. The monoisotopic (exact) mass is 299 g/mol. The summed E-state index contributed by atoms with van der Waals surface area (Å²) < 4.78 is 0. The lowest BCUT2D eigenvalue weighted by Gasteiger charge is -2.32. The SMILES string of the molecule is [B]c1cscc1[C@H]1CN(C(=O)C=C)Cc2sc(C)cc21. The first-order valence-corrected chi connectivity index (χ1v) is 8.18. The maximum atomic E-state index is 12.0. The van der Waals surface area contributed by atoms with E-state index in [2.05, 4.69) is 24.9 Å². The van der Waals surface area contributed by atoms with Crippen molar-refractivity contribution >= 4 is 41.9 Å². The van der Waals surface area contributed by atoms with Crippen LogP contribution in [0, 0.1) is 6.92 Å². The first-order valence-electron chi connectivity index (χ1n) is 6.42. The van der Waals surface area contributed by atoms with Crippen LogP contribution in [0.5, 0.6) is 0 Å². The molecule has 100 valence electrons. The minimum atomic E-state index is -0.0134. The molecule has 3 rings (SSSR count). The first-order chi connectivity index (χ1) is 9.60. The molecule has 2 aromatic heterocycles. The van der Waals surface area contributed by atoms with Gasteiger partial charge < -0.3 is 4.90 Å². The van der Waals surface area contributed by atoms with Gasteiger partial charge in [0.25, 0.3) is 0 Å². The lowest BCUT2D eigenvalue weighted by Crippen LogP contribution is -2.37. The summed E-state index contributed by atoms with van der Waals surface area (Å²) in [7, 11) is 6.08. The maximum absolute atomic E-state index is 12.0. The number of carbonyl (C=O) groups excluding carboxylic acids is 1. The molecule has 0 saturated heterocycles. The summed E-state index contributed by atoms with van der Waals surface area (Å²) in [5.41, 5.74) is 3.28. The van der Waals surface area contributed by atoms with Crippen molar-refractivity contribution in [3.63, 3.8) is 0 Å². The predicted molar refractivity (Wildman–Crippen MR) is 86.2 cm³/mol. The zero-order valence-corrected chi connectivity index (χ0v) is 12.9. The first kappa shape index (κ1) is 13.6. The molecule has 1 aliphatic heterocycles. The molecule has 0 spiro atoms. The van der Waals surface area contributed by atoms with Crippen molar-refractivity contribution in [3.8, 4) is 0 Å². The Hall–Kier alpha value is -1.33. The molecule has 3 heterocycles. The van der Waals surface area contributed by atoms with E-state index in [0.717, 1.165) is 11.0 Å². The van der Waals surface area contributed by atoms with Crippen molar-refractivity contribution in [2.24, 2.45) is 0 Å². The quantitative estimate of drug-likeness (QED) is 0.616. The topological polar surface area (TPSA) is 20.3 Å². The summed E-state index contributed by atoms with van der Waals surface area (Å²) >= 11 is 3.37. The number of nitrogens with zero attached hydrogens (tertiary/aromatic N) is 1. The Kier molecular flexibility index (Phi) is 3.56. The highest BCUT2D eigenvalue weighted by Crippen LogP contribution is 2.38. The third kappa shape index (κ3) is 2.25. The summed E-state index contributed by atoms with van der Waals surface area (Å²) in [4.78, 5) is 16.4. The van der Waals surface area contributed by atoms with Gasteiger partial charge in [-0.05, 0) is 41.0 Å². The standard InChI is InChI=1S/C15H14BNOS2/c1-3-15(18)17-5-11(12-7-19-8-13(12)16)10-4-9(2)20-14(10)6-17/h3-4,7-8,11H,1,5-6H2,2H3/t11-/m0/s1. The van der Waals surface area contributed by atoms with Crippen LogP contribution in [0.2, 0.25) is 0 Å². The lowest BCUT2D eigenvalue weighted by atomic mass is 9.82. The molecule has 0 N–H and O–H groups in total. The van der Waals surface area contributed by atoms with Crippen molar-refractivity contribution < 1.29 is 4.79 Å². The Morgan fingerprint density at radius 1 is 1.50 bits per heavy atom. The Bertz CT molecular complexity index is 673. The van der Waals surface area contributed by atoms with Crippen LogP contribution in [0.3, 0.4) is 0 Å². The zero-order valence-electron chi connectivity index (χ0n) is 11.3. The van der Waals surface area contributed by atoms with E-state index in [1.807, 2.05) is 10.3 Å². The molecule has 0 bridgehead atoms. The van der Waals surface area contributed by atoms with Gasteiger partial charge in [0.05, 0.1) is 6.54 Å². The van der Waals surface area contributed by atoms with Gasteiger partial charge in [-0.15, -0.1) is 11.3 Å². The molecule has 5 heteroatoms. The Balaban J connectivity index is 2.06. The van der Waals surface area contributed by atoms with Crippen LogP contribution in [-0.4, -0.2) is 25.2 Å². The number of hydrogen-bond donors (Lipinski definition) is 0. The van der Waals surface area contributed by atoms with Crippen LogP contribution in [0.4, 0.5) is 0 Å². The number of amides is 1. The van der Waals surface area contributed by atoms with Crippen molar-refractivity contribution in [2.75, 3.05) is 6.54 Å². The number of fused-ring (bicyclic) bond motifs is 1. The second kappa shape index (κ2) is 5.22. The molecule has 2 aromatic rings. The summed E-state index contributed by atoms with van der Waals surface area (Å²) in [5, 5.41) is 4.06. The van der Waals surface area contributed by atoms with E-state index in [-0.39, 0.29) is 11.8 Å². The van der Waals surface area contributed by atoms with Gasteiger partial charge in [0.2, 0.25) is 5.91 Å². The highest BCUT2D eigenvalue weighted by atomic mass is 32.1. The Labute approximate surface area is 128 Å². The second-order valence-corrected chi connectivity index (χ2v) is 7.08. The molecular formula is C15H14BNOS2. The minimum Gasteiger partial charge on any atom is -0.333 e. The van der Waals surface area contributed by atoms with E-state index in [0.29, 0.717) is 13.1 Å². The molecule has 0 aromatic carbocycles. The molecule has 20 heavy (non-hydrogen) atoms. The van der Waals surface area contributed by atoms with Gasteiger partial charge in [0, 0.05) is 22.2 Å². The molecule has 1 amide bonds. The van der Waals surface area contributed by atoms with Gasteiger partial charge in [-0.25, -0.2) is 0 Å². The molecule has 0 aliphatic carbocycles. The van der Waals surface area contributed by atoms with Crippen LogP contribution in [0.15, 0.2) is 29.5 Å². The number of thiophene rings is 2. The zero-order chi connectivity index (χ0) is 14.3. The summed E-state index contributed by atoms with van der Waals surface area (Å²) in [6.45, 7) is 7.06. The van der Waals surface area contributed by atoms with Crippen LogP contribution >= 0.6 is 22.7 Å². The molecular weight excluding hydrogens is 285 g/mol. The van der Waals surface area contributed by atoms with Gasteiger partial charge in [0.15, 0.2) is 0 Å². The fourth-order valence-electron chi connectivity index (χ4n) is 2.72. The fourth-order valence-corrected chi connectivity index (χ4v) is 4.63. The van der Waals surface area contributed by atoms with Gasteiger partial charge in [0.1, 0.15) is 7.85 Å². The van der Waals surface area contributed by atoms with E-state index in [1.54, 1.807) is 22.7 Å². The van der Waals surface area contributed by atoms with Gasteiger partial charge in [-0.1, -0.05) is 12.0 Å². The van der Waals surface area contributed by atoms with Crippen LogP contribution in [-0.2, 0) is 11.3 Å². The Morgan fingerprint density at radius 2 is 2.30 bits per heavy atom. The van der Waals surface area contributed by atoms with Crippen molar-refractivity contribution in [1.29, 1.82) is 0 Å². The molecule has 1 atom stereocenters. The molecule has 0 saturated carbocycles. The number of rotatable bonds is 2. The average Bonchev–Trinajstić information content (AvgIpc) is 3.01. The number of aryl methyl sites for hydroxylation is 1. The second-order valence-electron chi connectivity index (χ2n) is 4.99. The smallest absolute Gasteiger partial charge is 0.246 e. The van der Waals surface area contributed by atoms with E-state index in [9.17, 15) is 4.79 Å². The number of carbonyl (C=O) groups is 1. The van der Waals surface area contributed by atoms with E-state index < -0.39 is 0 Å². The van der Waals surface area contributed by atoms with Crippen molar-refractivity contribution in [3.05, 3.63) is 50.4 Å². The predicted octanol–water partition coefficient (Wildman–Crippen LogP) is 2.57. The lowest BCUT2D eigenvalue weighted by molar-refractivity contribution is -0.127. The summed E-state index contributed by atoms with van der Waals surface area (Å²) in [6.07, 6.45) is 1.39.